The van der Waals surface area contributed by atoms with Gasteiger partial charge in [0, 0.05) is 30.9 Å². The number of aromatic nitrogens is 3. The number of esters is 1. The second kappa shape index (κ2) is 9.09. The summed E-state index contributed by atoms with van der Waals surface area (Å²) < 4.78 is 15.9. The molecule has 160 valence electrons. The van der Waals surface area contributed by atoms with E-state index in [0.717, 1.165) is 11.1 Å². The smallest absolute Gasteiger partial charge is 0.358 e. The molecule has 0 unspecified atom stereocenters. The van der Waals surface area contributed by atoms with Crippen molar-refractivity contribution in [2.75, 3.05) is 27.4 Å². The summed E-state index contributed by atoms with van der Waals surface area (Å²) in [6, 6.07) is 5.51. The third-order valence-electron chi connectivity index (χ3n) is 4.87. The third kappa shape index (κ3) is 4.48. The molecule has 1 aliphatic rings. The van der Waals surface area contributed by atoms with Gasteiger partial charge >= 0.3 is 5.97 Å². The fraction of sp³-hybridized carbons (Fsp3) is 0.286. The van der Waals surface area contributed by atoms with E-state index in [-0.39, 0.29) is 18.2 Å². The van der Waals surface area contributed by atoms with Crippen molar-refractivity contribution in [3.63, 3.8) is 0 Å². The molecule has 0 aliphatic carbocycles. The summed E-state index contributed by atoms with van der Waals surface area (Å²) in [6.07, 6.45) is 3.88. The molecule has 0 fully saturated rings. The van der Waals surface area contributed by atoms with Gasteiger partial charge in [-0.15, -0.1) is 11.3 Å². The maximum atomic E-state index is 12.6. The molecular weight excluding hydrogens is 420 g/mol. The molecule has 1 amide bonds. The van der Waals surface area contributed by atoms with Crippen molar-refractivity contribution in [2.45, 2.75) is 13.0 Å². The second-order valence-electron chi connectivity index (χ2n) is 6.73. The number of hydrogen-bond donors (Lipinski definition) is 0. The van der Waals surface area contributed by atoms with E-state index in [1.165, 1.54) is 11.3 Å². The molecule has 3 heterocycles. The number of carbonyl (C=O) groups excluding carboxylic acids is 2. The van der Waals surface area contributed by atoms with Gasteiger partial charge in [-0.25, -0.2) is 19.7 Å². The van der Waals surface area contributed by atoms with Crippen LogP contribution >= 0.6 is 11.3 Å². The highest BCUT2D eigenvalue weighted by Crippen LogP contribution is 2.33. The monoisotopic (exact) mass is 440 g/mol. The van der Waals surface area contributed by atoms with E-state index < -0.39 is 5.97 Å². The maximum absolute atomic E-state index is 12.6. The lowest BCUT2D eigenvalue weighted by molar-refractivity contribution is -0.135. The summed E-state index contributed by atoms with van der Waals surface area (Å²) in [4.78, 5) is 39.0. The highest BCUT2D eigenvalue weighted by molar-refractivity contribution is 7.13. The number of amides is 1. The Morgan fingerprint density at radius 2 is 1.81 bits per heavy atom. The van der Waals surface area contributed by atoms with E-state index in [1.54, 1.807) is 43.0 Å². The SMILES string of the molecule is COc1cc2c(cc1OC)CN(C(=O)COC(=O)c1csc(-c3ncccn3)n1)CC2. The van der Waals surface area contributed by atoms with Crippen LogP contribution in [0.5, 0.6) is 11.5 Å². The van der Waals surface area contributed by atoms with Gasteiger partial charge < -0.3 is 19.1 Å². The molecule has 9 nitrogen and oxygen atoms in total. The lowest BCUT2D eigenvalue weighted by Gasteiger charge is -2.29. The quantitative estimate of drug-likeness (QED) is 0.538. The summed E-state index contributed by atoms with van der Waals surface area (Å²) in [5, 5.41) is 2.07. The van der Waals surface area contributed by atoms with E-state index >= 15 is 0 Å². The molecule has 4 rings (SSSR count). The Labute approximate surface area is 182 Å². The zero-order valence-corrected chi connectivity index (χ0v) is 17.8. The Morgan fingerprint density at radius 1 is 1.10 bits per heavy atom. The Kier molecular flexibility index (Phi) is 6.08. The molecule has 0 bridgehead atoms. The van der Waals surface area contributed by atoms with E-state index in [2.05, 4.69) is 15.0 Å². The summed E-state index contributed by atoms with van der Waals surface area (Å²) in [7, 11) is 3.17. The van der Waals surface area contributed by atoms with Gasteiger partial charge in [-0.3, -0.25) is 4.79 Å². The summed E-state index contributed by atoms with van der Waals surface area (Å²) >= 11 is 1.24. The molecule has 1 aliphatic heterocycles. The van der Waals surface area contributed by atoms with E-state index in [4.69, 9.17) is 14.2 Å². The highest BCUT2D eigenvalue weighted by Gasteiger charge is 2.24. The third-order valence-corrected chi connectivity index (χ3v) is 5.71. The predicted molar refractivity (Wildman–Crippen MR) is 112 cm³/mol. The molecule has 0 atom stereocenters. The first kappa shape index (κ1) is 20.7. The van der Waals surface area contributed by atoms with Crippen molar-refractivity contribution in [1.82, 2.24) is 19.9 Å². The topological polar surface area (TPSA) is 104 Å². The molecule has 0 radical (unpaired) electrons. The van der Waals surface area contributed by atoms with Gasteiger partial charge in [-0.1, -0.05) is 0 Å². The van der Waals surface area contributed by atoms with Gasteiger partial charge in [0.1, 0.15) is 0 Å². The molecule has 0 N–H and O–H groups in total. The van der Waals surface area contributed by atoms with Crippen molar-refractivity contribution >= 4 is 23.2 Å². The number of ether oxygens (including phenoxy) is 3. The number of thiazole rings is 1. The van der Waals surface area contributed by atoms with Gasteiger partial charge in [0.05, 0.1) is 14.2 Å². The zero-order valence-electron chi connectivity index (χ0n) is 17.0. The van der Waals surface area contributed by atoms with Crippen LogP contribution < -0.4 is 9.47 Å². The summed E-state index contributed by atoms with van der Waals surface area (Å²) in [6.45, 7) is 0.597. The zero-order chi connectivity index (χ0) is 21.8. The van der Waals surface area contributed by atoms with Crippen molar-refractivity contribution in [3.05, 3.63) is 52.8 Å². The first-order valence-electron chi connectivity index (χ1n) is 9.50. The maximum Gasteiger partial charge on any atom is 0.358 e. The average Bonchev–Trinajstić information content (AvgIpc) is 3.32. The van der Waals surface area contributed by atoms with Gasteiger partial charge in [-0.05, 0) is 35.7 Å². The minimum Gasteiger partial charge on any atom is -0.493 e. The molecule has 2 aromatic heterocycles. The fourth-order valence-electron chi connectivity index (χ4n) is 3.27. The fourth-order valence-corrected chi connectivity index (χ4v) is 4.00. The van der Waals surface area contributed by atoms with Crippen LogP contribution in [-0.4, -0.2) is 59.1 Å². The number of carbonyl (C=O) groups is 2. The number of methoxy groups -OCH3 is 2. The van der Waals surface area contributed by atoms with E-state index in [0.29, 0.717) is 41.8 Å². The Morgan fingerprint density at radius 3 is 2.52 bits per heavy atom. The molecule has 10 heteroatoms. The summed E-state index contributed by atoms with van der Waals surface area (Å²) in [5.41, 5.74) is 2.22. The van der Waals surface area contributed by atoms with Crippen LogP contribution in [0.1, 0.15) is 21.6 Å². The van der Waals surface area contributed by atoms with E-state index in [1.807, 2.05) is 12.1 Å². The van der Waals surface area contributed by atoms with Gasteiger partial charge in [0.15, 0.2) is 34.6 Å². The van der Waals surface area contributed by atoms with Crippen LogP contribution in [0.25, 0.3) is 10.8 Å². The van der Waals surface area contributed by atoms with Crippen LogP contribution in [0.3, 0.4) is 0 Å². The summed E-state index contributed by atoms with van der Waals surface area (Å²) in [5.74, 6) is 0.787. The van der Waals surface area contributed by atoms with Crippen LogP contribution in [0.15, 0.2) is 36.0 Å². The molecule has 0 saturated heterocycles. The van der Waals surface area contributed by atoms with Gasteiger partial charge in [0.2, 0.25) is 0 Å². The van der Waals surface area contributed by atoms with E-state index in [9.17, 15) is 9.59 Å². The number of nitrogens with zero attached hydrogens (tertiary/aromatic N) is 4. The minimum absolute atomic E-state index is 0.126. The normalized spacial score (nSPS) is 12.8. The Hall–Kier alpha value is -3.53. The Bertz CT molecular complexity index is 1100. The minimum atomic E-state index is -0.657. The number of benzene rings is 1. The molecule has 31 heavy (non-hydrogen) atoms. The van der Waals surface area contributed by atoms with Crippen LogP contribution in [0, 0.1) is 0 Å². The second-order valence-corrected chi connectivity index (χ2v) is 7.59. The number of fused-ring (bicyclic) bond motifs is 1. The van der Waals surface area contributed by atoms with Crippen molar-refractivity contribution < 1.29 is 23.8 Å². The average molecular weight is 440 g/mol. The van der Waals surface area contributed by atoms with Gasteiger partial charge in [-0.2, -0.15) is 0 Å². The molecule has 0 spiro atoms. The number of rotatable bonds is 6. The molecule has 1 aromatic carbocycles. The first-order chi connectivity index (χ1) is 15.1. The standard InChI is InChI=1S/C21H20N4O5S/c1-28-16-8-13-4-7-25(10-14(13)9-17(16)29-2)18(26)11-30-21(27)15-12-31-20(24-15)19-22-5-3-6-23-19/h3,5-6,8-9,12H,4,7,10-11H2,1-2H3. The lowest BCUT2D eigenvalue weighted by Crippen LogP contribution is -2.38. The van der Waals surface area contributed by atoms with Gasteiger partial charge in [0.25, 0.3) is 5.91 Å². The van der Waals surface area contributed by atoms with Crippen molar-refractivity contribution in [3.8, 4) is 22.3 Å². The largest absolute Gasteiger partial charge is 0.493 e. The van der Waals surface area contributed by atoms with Crippen molar-refractivity contribution in [2.24, 2.45) is 0 Å². The Balaban J connectivity index is 1.36. The lowest BCUT2D eigenvalue weighted by atomic mass is 9.99. The molecule has 0 saturated carbocycles. The van der Waals surface area contributed by atoms with Crippen LogP contribution in [0.2, 0.25) is 0 Å². The predicted octanol–water partition coefficient (Wildman–Crippen LogP) is 2.36. The van der Waals surface area contributed by atoms with Crippen LogP contribution in [-0.2, 0) is 22.5 Å². The molecule has 3 aromatic rings. The number of hydrogen-bond acceptors (Lipinski definition) is 9. The van der Waals surface area contributed by atoms with Crippen molar-refractivity contribution in [1.29, 1.82) is 0 Å². The molecular formula is C21H20N4O5S. The highest BCUT2D eigenvalue weighted by atomic mass is 32.1. The van der Waals surface area contributed by atoms with Crippen LogP contribution in [0.4, 0.5) is 0 Å². The first-order valence-corrected chi connectivity index (χ1v) is 10.4.